The maximum absolute atomic E-state index is 4.47. The minimum atomic E-state index is 0. The van der Waals surface area contributed by atoms with Crippen molar-refractivity contribution in [3.63, 3.8) is 0 Å². The Morgan fingerprint density at radius 2 is 2.32 bits per heavy atom. The minimum absolute atomic E-state index is 0. The van der Waals surface area contributed by atoms with E-state index >= 15 is 0 Å². The second-order valence-corrected chi connectivity index (χ2v) is 6.53. The Morgan fingerprint density at radius 1 is 1.63 bits per heavy atom. The van der Waals surface area contributed by atoms with E-state index in [0.717, 1.165) is 29.8 Å². The molecule has 1 aromatic heterocycles. The molecule has 4 nitrogen and oxygen atoms in total. The highest BCUT2D eigenvalue weighted by Gasteiger charge is 2.09. The molecule has 0 spiro atoms. The molecule has 110 valence electrons. The molecule has 0 saturated carbocycles. The van der Waals surface area contributed by atoms with Crippen molar-refractivity contribution < 1.29 is 0 Å². The summed E-state index contributed by atoms with van der Waals surface area (Å²) in [5, 5.41) is 7.17. The molecule has 1 atom stereocenters. The van der Waals surface area contributed by atoms with Crippen LogP contribution in [0.2, 0.25) is 0 Å². The van der Waals surface area contributed by atoms with E-state index in [9.17, 15) is 0 Å². The Morgan fingerprint density at radius 3 is 2.79 bits per heavy atom. The molecule has 1 heterocycles. The molecule has 19 heavy (non-hydrogen) atoms. The summed E-state index contributed by atoms with van der Waals surface area (Å²) in [4.78, 5) is 10.9. The molecule has 0 aromatic carbocycles. The van der Waals surface area contributed by atoms with Crippen molar-refractivity contribution in [3.05, 3.63) is 16.1 Å². The van der Waals surface area contributed by atoms with Gasteiger partial charge >= 0.3 is 0 Å². The van der Waals surface area contributed by atoms with Crippen LogP contribution in [0.1, 0.15) is 17.6 Å². The number of aryl methyl sites for hydroxylation is 1. The Kier molecular flexibility index (Phi) is 9.81. The van der Waals surface area contributed by atoms with E-state index in [1.54, 1.807) is 11.3 Å². The summed E-state index contributed by atoms with van der Waals surface area (Å²) in [5.41, 5.74) is 1.10. The van der Waals surface area contributed by atoms with Crippen molar-refractivity contribution in [2.75, 3.05) is 26.9 Å². The van der Waals surface area contributed by atoms with E-state index in [1.807, 2.05) is 32.8 Å². The predicted molar refractivity (Wildman–Crippen MR) is 98.1 cm³/mol. The van der Waals surface area contributed by atoms with Crippen LogP contribution >= 0.6 is 47.1 Å². The van der Waals surface area contributed by atoms with Crippen LogP contribution in [0.15, 0.2) is 10.4 Å². The molecule has 0 amide bonds. The van der Waals surface area contributed by atoms with Crippen molar-refractivity contribution >= 4 is 53.0 Å². The van der Waals surface area contributed by atoms with Crippen molar-refractivity contribution in [1.29, 1.82) is 0 Å². The van der Waals surface area contributed by atoms with Crippen molar-refractivity contribution in [1.82, 2.24) is 15.2 Å². The Balaban J connectivity index is 0.00000324. The lowest BCUT2D eigenvalue weighted by Crippen LogP contribution is -2.40. The number of guanidine groups is 1. The first-order valence-electron chi connectivity index (χ1n) is 5.92. The highest BCUT2D eigenvalue weighted by atomic mass is 127. The van der Waals surface area contributed by atoms with Crippen LogP contribution in [0, 0.1) is 6.92 Å². The van der Waals surface area contributed by atoms with Gasteiger partial charge in [-0.05, 0) is 13.2 Å². The molecule has 7 heteroatoms. The topological polar surface area (TPSA) is 40.5 Å². The molecule has 1 aromatic rings. The zero-order valence-electron chi connectivity index (χ0n) is 12.1. The minimum Gasteiger partial charge on any atom is -0.355 e. The summed E-state index contributed by atoms with van der Waals surface area (Å²) >= 11 is 3.54. The molecule has 0 aliphatic carbocycles. The normalized spacial score (nSPS) is 12.8. The van der Waals surface area contributed by atoms with Gasteiger partial charge in [0.2, 0.25) is 0 Å². The number of halogens is 1. The van der Waals surface area contributed by atoms with E-state index in [2.05, 4.69) is 38.8 Å². The number of thioether (sulfide) groups is 1. The number of aliphatic imine (C=N–C) groups is 1. The van der Waals surface area contributed by atoms with E-state index in [1.165, 1.54) is 0 Å². The van der Waals surface area contributed by atoms with Gasteiger partial charge in [0.25, 0.3) is 0 Å². The molecule has 1 rings (SSSR count). The highest BCUT2D eigenvalue weighted by molar-refractivity contribution is 14.0. The fraction of sp³-hybridized carbons (Fsp3) is 0.667. The zero-order chi connectivity index (χ0) is 13.5. The second kappa shape index (κ2) is 9.82. The molecule has 0 aliphatic rings. The van der Waals surface area contributed by atoms with Crippen LogP contribution in [0.4, 0.5) is 0 Å². The number of nitrogens with one attached hydrogen (secondary N) is 1. The molecular formula is C12H23IN4S2. The van der Waals surface area contributed by atoms with Gasteiger partial charge in [0, 0.05) is 31.3 Å². The van der Waals surface area contributed by atoms with Crippen LogP contribution in [-0.2, 0) is 6.54 Å². The number of hydrogen-bond donors (Lipinski definition) is 1. The summed E-state index contributed by atoms with van der Waals surface area (Å²) < 4.78 is 0. The van der Waals surface area contributed by atoms with E-state index < -0.39 is 0 Å². The van der Waals surface area contributed by atoms with Gasteiger partial charge in [0.1, 0.15) is 0 Å². The molecule has 1 unspecified atom stereocenters. The molecule has 0 saturated heterocycles. The number of hydrogen-bond acceptors (Lipinski definition) is 4. The fourth-order valence-corrected chi connectivity index (χ4v) is 2.36. The number of thiazole rings is 1. The average Bonchev–Trinajstić information content (AvgIpc) is 2.75. The smallest absolute Gasteiger partial charge is 0.193 e. The molecule has 0 bridgehead atoms. The van der Waals surface area contributed by atoms with Gasteiger partial charge < -0.3 is 10.2 Å². The Labute approximate surface area is 141 Å². The first-order valence-corrected chi connectivity index (χ1v) is 8.09. The van der Waals surface area contributed by atoms with Crippen LogP contribution in [0.5, 0.6) is 0 Å². The van der Waals surface area contributed by atoms with E-state index in [0.29, 0.717) is 5.25 Å². The van der Waals surface area contributed by atoms with Gasteiger partial charge in [-0.15, -0.1) is 35.3 Å². The van der Waals surface area contributed by atoms with Gasteiger partial charge in [0.05, 0.1) is 17.2 Å². The number of nitrogens with zero attached hydrogens (tertiary/aromatic N) is 3. The lowest BCUT2D eigenvalue weighted by Gasteiger charge is -2.22. The Bertz CT molecular complexity index is 395. The highest BCUT2D eigenvalue weighted by Crippen LogP contribution is 2.10. The Hall–Kier alpha value is -0.0200. The molecule has 1 N–H and O–H groups in total. The van der Waals surface area contributed by atoms with Gasteiger partial charge in [0.15, 0.2) is 5.96 Å². The summed E-state index contributed by atoms with van der Waals surface area (Å²) in [6.45, 7) is 5.95. The molecular weight excluding hydrogens is 391 g/mol. The van der Waals surface area contributed by atoms with Crippen LogP contribution < -0.4 is 5.32 Å². The van der Waals surface area contributed by atoms with Crippen molar-refractivity contribution in [3.8, 4) is 0 Å². The maximum atomic E-state index is 4.47. The first kappa shape index (κ1) is 19.0. The zero-order valence-corrected chi connectivity index (χ0v) is 16.1. The van der Waals surface area contributed by atoms with E-state index in [-0.39, 0.29) is 24.0 Å². The fourth-order valence-electron chi connectivity index (χ4n) is 1.50. The SMILES string of the molecule is CN=C(NCC(C)SC)N(C)Cc1csc(C)n1.I. The first-order chi connectivity index (χ1) is 8.56. The quantitative estimate of drug-likeness (QED) is 0.457. The average molecular weight is 414 g/mol. The summed E-state index contributed by atoms with van der Waals surface area (Å²) in [7, 11) is 3.85. The summed E-state index contributed by atoms with van der Waals surface area (Å²) in [5.74, 6) is 0.918. The third-order valence-corrected chi connectivity index (χ3v) is 4.38. The third-order valence-electron chi connectivity index (χ3n) is 2.59. The summed E-state index contributed by atoms with van der Waals surface area (Å²) in [6, 6.07) is 0. The van der Waals surface area contributed by atoms with Crippen molar-refractivity contribution in [2.24, 2.45) is 4.99 Å². The number of aromatic nitrogens is 1. The molecule has 0 fully saturated rings. The maximum Gasteiger partial charge on any atom is 0.193 e. The lowest BCUT2D eigenvalue weighted by molar-refractivity contribution is 0.471. The lowest BCUT2D eigenvalue weighted by atomic mass is 10.4. The van der Waals surface area contributed by atoms with Gasteiger partial charge in [-0.25, -0.2) is 4.98 Å². The monoisotopic (exact) mass is 414 g/mol. The molecule has 0 aliphatic heterocycles. The third kappa shape index (κ3) is 6.80. The predicted octanol–water partition coefficient (Wildman–Crippen LogP) is 2.83. The van der Waals surface area contributed by atoms with Gasteiger partial charge in [-0.1, -0.05) is 6.92 Å². The standard InChI is InChI=1S/C12H22N4S2.HI/c1-9(17-5)6-14-12(13-3)16(4)7-11-8-18-10(2)15-11;/h8-9H,6-7H2,1-5H3,(H,13,14);1H. The van der Waals surface area contributed by atoms with Crippen LogP contribution in [-0.4, -0.2) is 48.0 Å². The van der Waals surface area contributed by atoms with Gasteiger partial charge in [-0.2, -0.15) is 11.8 Å². The van der Waals surface area contributed by atoms with Crippen molar-refractivity contribution in [2.45, 2.75) is 25.6 Å². The second-order valence-electron chi connectivity index (χ2n) is 4.19. The van der Waals surface area contributed by atoms with Crippen LogP contribution in [0.3, 0.4) is 0 Å². The summed E-state index contributed by atoms with van der Waals surface area (Å²) in [6.07, 6.45) is 2.12. The van der Waals surface area contributed by atoms with E-state index in [4.69, 9.17) is 0 Å². The molecule has 0 radical (unpaired) electrons. The number of rotatable bonds is 5. The van der Waals surface area contributed by atoms with Crippen LogP contribution in [0.25, 0.3) is 0 Å². The largest absolute Gasteiger partial charge is 0.355 e. The van der Waals surface area contributed by atoms with Gasteiger partial charge in [-0.3, -0.25) is 4.99 Å².